The summed E-state index contributed by atoms with van der Waals surface area (Å²) in [5.41, 5.74) is 0.201. The summed E-state index contributed by atoms with van der Waals surface area (Å²) in [6.45, 7) is 1.60. The van der Waals surface area contributed by atoms with Gasteiger partial charge in [-0.2, -0.15) is 0 Å². The Balaban J connectivity index is 1.63. The van der Waals surface area contributed by atoms with Crippen LogP contribution in [0.2, 0.25) is 0 Å². The van der Waals surface area contributed by atoms with Crippen molar-refractivity contribution >= 4 is 23.5 Å². The van der Waals surface area contributed by atoms with Crippen molar-refractivity contribution in [3.05, 3.63) is 53.0 Å². The van der Waals surface area contributed by atoms with Gasteiger partial charge in [0.1, 0.15) is 28.7 Å². The lowest BCUT2D eigenvalue weighted by molar-refractivity contribution is -0.126. The summed E-state index contributed by atoms with van der Waals surface area (Å²) in [4.78, 5) is 37.3. The molecule has 1 fully saturated rings. The van der Waals surface area contributed by atoms with Crippen molar-refractivity contribution in [3.63, 3.8) is 0 Å². The summed E-state index contributed by atoms with van der Waals surface area (Å²) >= 11 is 0. The second-order valence-electron chi connectivity index (χ2n) is 6.39. The average molecular weight is 392 g/mol. The average Bonchev–Trinajstić information content (AvgIpc) is 3.22. The molecule has 0 aliphatic carbocycles. The van der Waals surface area contributed by atoms with Crippen molar-refractivity contribution in [1.82, 2.24) is 5.32 Å². The number of hydrogen-bond acceptors (Lipinski definition) is 5. The standard InChI is InChI=1S/C19H18F2N2O5/c1-10-14(19(26)27-2)7-13(28-10)8-22-18(25)11-5-17(24)23(9-11)16-4-3-12(20)6-15(16)21/h3-4,6-7,11H,5,8-9H2,1-2H3,(H,22,25). The van der Waals surface area contributed by atoms with Crippen LogP contribution in [-0.4, -0.2) is 31.4 Å². The van der Waals surface area contributed by atoms with Gasteiger partial charge in [-0.15, -0.1) is 0 Å². The fourth-order valence-corrected chi connectivity index (χ4v) is 3.08. The van der Waals surface area contributed by atoms with Gasteiger partial charge in [-0.05, 0) is 25.1 Å². The van der Waals surface area contributed by atoms with Gasteiger partial charge in [-0.1, -0.05) is 0 Å². The Morgan fingerprint density at radius 3 is 2.75 bits per heavy atom. The highest BCUT2D eigenvalue weighted by molar-refractivity contribution is 6.00. The first-order valence-electron chi connectivity index (χ1n) is 8.51. The smallest absolute Gasteiger partial charge is 0.341 e. The Morgan fingerprint density at radius 2 is 2.07 bits per heavy atom. The van der Waals surface area contributed by atoms with E-state index in [1.807, 2.05) is 0 Å². The van der Waals surface area contributed by atoms with Crippen LogP contribution in [0.25, 0.3) is 0 Å². The molecule has 3 rings (SSSR count). The quantitative estimate of drug-likeness (QED) is 0.789. The molecule has 7 nitrogen and oxygen atoms in total. The van der Waals surface area contributed by atoms with Crippen molar-refractivity contribution in [1.29, 1.82) is 0 Å². The molecule has 0 spiro atoms. The van der Waals surface area contributed by atoms with E-state index >= 15 is 0 Å². The van der Waals surface area contributed by atoms with E-state index in [2.05, 4.69) is 10.1 Å². The van der Waals surface area contributed by atoms with Crippen LogP contribution < -0.4 is 10.2 Å². The predicted molar refractivity (Wildman–Crippen MR) is 93.4 cm³/mol. The van der Waals surface area contributed by atoms with Gasteiger partial charge >= 0.3 is 5.97 Å². The molecule has 1 aliphatic heterocycles. The summed E-state index contributed by atoms with van der Waals surface area (Å²) in [6, 6.07) is 4.38. The van der Waals surface area contributed by atoms with Gasteiger partial charge in [-0.3, -0.25) is 9.59 Å². The van der Waals surface area contributed by atoms with Crippen molar-refractivity contribution < 1.29 is 32.3 Å². The number of halogens is 2. The Morgan fingerprint density at radius 1 is 1.32 bits per heavy atom. The lowest BCUT2D eigenvalue weighted by Crippen LogP contribution is -2.32. The molecule has 28 heavy (non-hydrogen) atoms. The van der Waals surface area contributed by atoms with Crippen LogP contribution in [0.15, 0.2) is 28.7 Å². The van der Waals surface area contributed by atoms with E-state index in [1.165, 1.54) is 19.2 Å². The van der Waals surface area contributed by atoms with Crippen LogP contribution in [0.4, 0.5) is 14.5 Å². The number of anilines is 1. The van der Waals surface area contributed by atoms with Crippen LogP contribution >= 0.6 is 0 Å². The highest BCUT2D eigenvalue weighted by Crippen LogP contribution is 2.28. The molecule has 1 atom stereocenters. The van der Waals surface area contributed by atoms with E-state index in [0.29, 0.717) is 17.6 Å². The second kappa shape index (κ2) is 7.79. The van der Waals surface area contributed by atoms with Gasteiger partial charge in [0.2, 0.25) is 11.8 Å². The maximum atomic E-state index is 13.9. The van der Waals surface area contributed by atoms with E-state index in [9.17, 15) is 23.2 Å². The molecule has 1 N–H and O–H groups in total. The number of nitrogens with one attached hydrogen (secondary N) is 1. The fourth-order valence-electron chi connectivity index (χ4n) is 3.08. The number of hydrogen-bond donors (Lipinski definition) is 1. The predicted octanol–water partition coefficient (Wildman–Crippen LogP) is 2.32. The molecule has 9 heteroatoms. The second-order valence-corrected chi connectivity index (χ2v) is 6.39. The number of carbonyl (C=O) groups is 3. The Hall–Kier alpha value is -3.23. The minimum absolute atomic E-state index is 0.0161. The van der Waals surface area contributed by atoms with Crippen LogP contribution in [0, 0.1) is 24.5 Å². The maximum Gasteiger partial charge on any atom is 0.341 e. The summed E-state index contributed by atoms with van der Waals surface area (Å²) in [5.74, 6) is -2.95. The van der Waals surface area contributed by atoms with Crippen LogP contribution in [0.1, 0.15) is 28.3 Å². The van der Waals surface area contributed by atoms with E-state index < -0.39 is 35.3 Å². The largest absolute Gasteiger partial charge is 0.465 e. The number of aryl methyl sites for hydroxylation is 1. The zero-order chi connectivity index (χ0) is 20.4. The summed E-state index contributed by atoms with van der Waals surface area (Å²) in [5, 5.41) is 2.64. The topological polar surface area (TPSA) is 88.8 Å². The number of nitrogens with zero attached hydrogens (tertiary/aromatic N) is 1. The lowest BCUT2D eigenvalue weighted by Gasteiger charge is -2.17. The zero-order valence-electron chi connectivity index (χ0n) is 15.3. The van der Waals surface area contributed by atoms with E-state index in [1.54, 1.807) is 6.92 Å². The van der Waals surface area contributed by atoms with Crippen molar-refractivity contribution in [2.24, 2.45) is 5.92 Å². The molecule has 148 valence electrons. The maximum absolute atomic E-state index is 13.9. The van der Waals surface area contributed by atoms with Crippen molar-refractivity contribution in [2.75, 3.05) is 18.6 Å². The SMILES string of the molecule is COC(=O)c1cc(CNC(=O)C2CC(=O)N(c3ccc(F)cc3F)C2)oc1C. The van der Waals surface area contributed by atoms with Gasteiger partial charge < -0.3 is 19.4 Å². The molecule has 2 amide bonds. The monoisotopic (exact) mass is 392 g/mol. The molecule has 1 aromatic heterocycles. The third-order valence-electron chi connectivity index (χ3n) is 4.51. The van der Waals surface area contributed by atoms with Gasteiger partial charge in [0.15, 0.2) is 0 Å². The first-order chi connectivity index (χ1) is 13.3. The van der Waals surface area contributed by atoms with Crippen molar-refractivity contribution in [3.8, 4) is 0 Å². The zero-order valence-corrected chi connectivity index (χ0v) is 15.3. The Bertz CT molecular complexity index is 940. The summed E-state index contributed by atoms with van der Waals surface area (Å²) in [7, 11) is 1.25. The first-order valence-corrected chi connectivity index (χ1v) is 8.51. The number of carbonyl (C=O) groups excluding carboxylic acids is 3. The summed E-state index contributed by atoms with van der Waals surface area (Å²) in [6.07, 6.45) is -0.0900. The van der Waals surface area contributed by atoms with Gasteiger partial charge in [-0.25, -0.2) is 13.6 Å². The number of rotatable bonds is 5. The lowest BCUT2D eigenvalue weighted by atomic mass is 10.1. The van der Waals surface area contributed by atoms with Crippen molar-refractivity contribution in [2.45, 2.75) is 19.9 Å². The highest BCUT2D eigenvalue weighted by Gasteiger charge is 2.36. The molecule has 1 aliphatic rings. The molecule has 2 heterocycles. The molecular formula is C19H18F2N2O5. The first kappa shape index (κ1) is 19.5. The molecule has 0 saturated carbocycles. The normalized spacial score (nSPS) is 16.4. The van der Waals surface area contributed by atoms with Crippen LogP contribution in [0.3, 0.4) is 0 Å². The van der Waals surface area contributed by atoms with E-state index in [-0.39, 0.29) is 30.8 Å². The Labute approximate surface area is 159 Å². The van der Waals surface area contributed by atoms with E-state index in [4.69, 9.17) is 4.42 Å². The molecule has 1 saturated heterocycles. The highest BCUT2D eigenvalue weighted by atomic mass is 19.1. The molecule has 0 bridgehead atoms. The number of furan rings is 1. The van der Waals surface area contributed by atoms with Crippen LogP contribution in [0.5, 0.6) is 0 Å². The Kier molecular flexibility index (Phi) is 5.43. The number of amides is 2. The number of benzene rings is 1. The minimum Gasteiger partial charge on any atom is -0.465 e. The molecule has 1 aromatic carbocycles. The van der Waals surface area contributed by atoms with Gasteiger partial charge in [0.05, 0.1) is 25.3 Å². The molecule has 1 unspecified atom stereocenters. The van der Waals surface area contributed by atoms with Gasteiger partial charge in [0.25, 0.3) is 0 Å². The minimum atomic E-state index is -0.865. The molecule has 2 aromatic rings. The van der Waals surface area contributed by atoms with Gasteiger partial charge in [0, 0.05) is 19.0 Å². The number of esters is 1. The number of ether oxygens (including phenoxy) is 1. The summed E-state index contributed by atoms with van der Waals surface area (Å²) < 4.78 is 37.0. The van der Waals surface area contributed by atoms with Crippen LogP contribution in [-0.2, 0) is 20.9 Å². The molecule has 0 radical (unpaired) electrons. The number of methoxy groups -OCH3 is 1. The third-order valence-corrected chi connectivity index (χ3v) is 4.51. The fraction of sp³-hybridized carbons (Fsp3) is 0.316. The van der Waals surface area contributed by atoms with E-state index in [0.717, 1.165) is 11.0 Å². The third kappa shape index (κ3) is 3.88. The molecular weight excluding hydrogens is 374 g/mol.